The molecule has 3 rings (SSSR count). The molecule has 6 nitrogen and oxygen atoms in total. The van der Waals surface area contributed by atoms with Gasteiger partial charge in [0.05, 0.1) is 4.91 Å². The molecule has 1 amide bonds. The molecule has 3 heterocycles. The number of thioether (sulfide) groups is 1. The third-order valence-electron chi connectivity index (χ3n) is 6.58. The fourth-order valence-electron chi connectivity index (χ4n) is 4.72. The molecule has 0 aromatic carbocycles. The maximum atomic E-state index is 13.3. The topological polar surface area (TPSA) is 69.3 Å². The zero-order valence-corrected chi connectivity index (χ0v) is 22.3. The highest BCUT2D eigenvalue weighted by atomic mass is 32.2. The van der Waals surface area contributed by atoms with Crippen molar-refractivity contribution in [2.24, 2.45) is 0 Å². The molecule has 0 spiro atoms. The Labute approximate surface area is 213 Å². The first-order valence-electron chi connectivity index (χ1n) is 12.6. The maximum Gasteiger partial charge on any atom is 0.270 e. The fourth-order valence-corrected chi connectivity index (χ4v) is 6.01. The van der Waals surface area contributed by atoms with Gasteiger partial charge in [0.15, 0.2) is 0 Å². The van der Waals surface area contributed by atoms with Gasteiger partial charge >= 0.3 is 0 Å². The molecule has 2 saturated heterocycles. The lowest BCUT2D eigenvalue weighted by molar-refractivity contribution is -0.122. The average molecular weight is 501 g/mol. The van der Waals surface area contributed by atoms with Crippen molar-refractivity contribution in [3.63, 3.8) is 0 Å². The van der Waals surface area contributed by atoms with Crippen LogP contribution >= 0.6 is 24.0 Å². The third-order valence-corrected chi connectivity index (χ3v) is 7.96. The van der Waals surface area contributed by atoms with Gasteiger partial charge in [-0.15, -0.1) is 0 Å². The highest BCUT2D eigenvalue weighted by Crippen LogP contribution is 2.36. The normalized spacial score (nSPS) is 17.6. The Balaban J connectivity index is 2.02. The third kappa shape index (κ3) is 5.75. The maximum absolute atomic E-state index is 13.3. The smallest absolute Gasteiger partial charge is 0.270 e. The number of carbonyl (C=O) groups excluding carboxylic acids is 1. The summed E-state index contributed by atoms with van der Waals surface area (Å²) in [5.74, 6) is 0.772. The predicted molar refractivity (Wildman–Crippen MR) is 145 cm³/mol. The molecule has 1 aromatic rings. The number of piperidine rings is 1. The molecule has 2 fully saturated rings. The Morgan fingerprint density at radius 1 is 1.03 bits per heavy atom. The Hall–Kier alpha value is -2.11. The van der Waals surface area contributed by atoms with E-state index in [1.807, 2.05) is 19.9 Å². The van der Waals surface area contributed by atoms with Gasteiger partial charge in [0.1, 0.15) is 21.8 Å². The molecule has 2 aliphatic rings. The summed E-state index contributed by atoms with van der Waals surface area (Å²) >= 11 is 6.87. The SMILES string of the molecule is CCCCCCCN1C(=O)/C(=C\c2c(C)c(C#N)c(=O)n(CCC)c2N2CCCCC2)SC1=S. The van der Waals surface area contributed by atoms with Gasteiger partial charge in [-0.25, -0.2) is 0 Å². The van der Waals surface area contributed by atoms with Crippen LogP contribution in [0.1, 0.15) is 88.3 Å². The van der Waals surface area contributed by atoms with Gasteiger partial charge in [-0.2, -0.15) is 5.26 Å². The van der Waals surface area contributed by atoms with E-state index in [0.29, 0.717) is 27.9 Å². The zero-order valence-electron chi connectivity index (χ0n) is 20.7. The van der Waals surface area contributed by atoms with E-state index in [1.54, 1.807) is 9.47 Å². The van der Waals surface area contributed by atoms with Crippen molar-refractivity contribution in [2.75, 3.05) is 24.5 Å². The fraction of sp³-hybridized carbons (Fsp3) is 0.615. The summed E-state index contributed by atoms with van der Waals surface area (Å²) in [7, 11) is 0. The van der Waals surface area contributed by atoms with Crippen molar-refractivity contribution in [1.82, 2.24) is 9.47 Å². The molecule has 184 valence electrons. The van der Waals surface area contributed by atoms with Crippen molar-refractivity contribution in [1.29, 1.82) is 5.26 Å². The molecule has 0 radical (unpaired) electrons. The van der Waals surface area contributed by atoms with E-state index in [9.17, 15) is 14.9 Å². The van der Waals surface area contributed by atoms with E-state index < -0.39 is 0 Å². The van der Waals surface area contributed by atoms with Crippen molar-refractivity contribution >= 4 is 46.1 Å². The first kappa shape index (κ1) is 26.5. The second-order valence-corrected chi connectivity index (χ2v) is 10.8. The molecule has 2 aliphatic heterocycles. The van der Waals surface area contributed by atoms with Gasteiger partial charge in [0.2, 0.25) is 0 Å². The van der Waals surface area contributed by atoms with Crippen molar-refractivity contribution in [2.45, 2.75) is 85.1 Å². The summed E-state index contributed by atoms with van der Waals surface area (Å²) in [6.07, 6.45) is 11.6. The summed E-state index contributed by atoms with van der Waals surface area (Å²) in [6.45, 7) is 8.96. The molecule has 34 heavy (non-hydrogen) atoms. The number of aromatic nitrogens is 1. The quantitative estimate of drug-likeness (QED) is 0.237. The average Bonchev–Trinajstić information content (AvgIpc) is 3.10. The van der Waals surface area contributed by atoms with Crippen LogP contribution in [0.4, 0.5) is 5.82 Å². The predicted octanol–water partition coefficient (Wildman–Crippen LogP) is 5.60. The van der Waals surface area contributed by atoms with Crippen LogP contribution in [0.25, 0.3) is 6.08 Å². The number of amides is 1. The van der Waals surface area contributed by atoms with E-state index in [-0.39, 0.29) is 17.0 Å². The first-order chi connectivity index (χ1) is 16.4. The zero-order chi connectivity index (χ0) is 24.7. The summed E-state index contributed by atoms with van der Waals surface area (Å²) < 4.78 is 2.34. The van der Waals surface area contributed by atoms with Crippen LogP contribution in [-0.4, -0.2) is 39.3 Å². The summed E-state index contributed by atoms with van der Waals surface area (Å²) in [5.41, 5.74) is 1.37. The van der Waals surface area contributed by atoms with Crippen LogP contribution in [0, 0.1) is 18.3 Å². The van der Waals surface area contributed by atoms with Crippen LogP contribution < -0.4 is 10.5 Å². The molecular weight excluding hydrogens is 464 g/mol. The van der Waals surface area contributed by atoms with Gasteiger partial charge in [0, 0.05) is 31.7 Å². The number of pyridine rings is 1. The lowest BCUT2D eigenvalue weighted by Gasteiger charge is -2.33. The number of hydrogen-bond donors (Lipinski definition) is 0. The summed E-state index contributed by atoms with van der Waals surface area (Å²) in [6, 6.07) is 2.12. The first-order valence-corrected chi connectivity index (χ1v) is 13.8. The van der Waals surface area contributed by atoms with E-state index in [0.717, 1.165) is 56.6 Å². The van der Waals surface area contributed by atoms with Crippen molar-refractivity contribution in [3.8, 4) is 6.07 Å². The largest absolute Gasteiger partial charge is 0.357 e. The number of nitrogens with zero attached hydrogens (tertiary/aromatic N) is 4. The Bertz CT molecular complexity index is 1050. The number of rotatable bonds is 10. The van der Waals surface area contributed by atoms with Gasteiger partial charge in [-0.05, 0) is 50.7 Å². The lowest BCUT2D eigenvalue weighted by atomic mass is 10.0. The second kappa shape index (κ2) is 12.6. The van der Waals surface area contributed by atoms with E-state index in [2.05, 4.69) is 17.9 Å². The Kier molecular flexibility index (Phi) is 9.78. The molecule has 1 aromatic heterocycles. The number of hydrogen-bond acceptors (Lipinski definition) is 6. The van der Waals surface area contributed by atoms with Crippen LogP contribution in [0.5, 0.6) is 0 Å². The molecule has 0 N–H and O–H groups in total. The molecule has 0 atom stereocenters. The van der Waals surface area contributed by atoms with Crippen molar-refractivity contribution < 1.29 is 4.79 Å². The Morgan fingerprint density at radius 3 is 2.38 bits per heavy atom. The van der Waals surface area contributed by atoms with Crippen LogP contribution in [0.2, 0.25) is 0 Å². The van der Waals surface area contributed by atoms with E-state index >= 15 is 0 Å². The highest BCUT2D eigenvalue weighted by molar-refractivity contribution is 8.26. The molecule has 8 heteroatoms. The number of thiocarbonyl (C=S) groups is 1. The van der Waals surface area contributed by atoms with Gasteiger partial charge in [-0.3, -0.25) is 19.1 Å². The van der Waals surface area contributed by atoms with Gasteiger partial charge in [0.25, 0.3) is 11.5 Å². The van der Waals surface area contributed by atoms with E-state index in [4.69, 9.17) is 12.2 Å². The highest BCUT2D eigenvalue weighted by Gasteiger charge is 2.33. The minimum Gasteiger partial charge on any atom is -0.357 e. The minimum atomic E-state index is -0.237. The number of unbranched alkanes of at least 4 members (excludes halogenated alkanes) is 4. The summed E-state index contributed by atoms with van der Waals surface area (Å²) in [4.78, 5) is 31.0. The van der Waals surface area contributed by atoms with Crippen LogP contribution in [0.3, 0.4) is 0 Å². The molecular formula is C26H36N4O2S2. The number of carbonyl (C=O) groups is 1. The molecule has 0 unspecified atom stereocenters. The van der Waals surface area contributed by atoms with Crippen molar-refractivity contribution in [3.05, 3.63) is 31.9 Å². The molecule has 0 bridgehead atoms. The van der Waals surface area contributed by atoms with Crippen LogP contribution in [0.15, 0.2) is 9.70 Å². The standard InChI is InChI=1S/C26H36N4O2S2/c1-4-6-7-8-12-16-30-25(32)22(34-26(30)33)17-20-19(3)21(18-27)24(31)29(13-5-2)23(20)28-14-10-9-11-15-28/h17H,4-16H2,1-3H3/b22-17+. The Morgan fingerprint density at radius 2 is 1.74 bits per heavy atom. The number of nitriles is 1. The lowest BCUT2D eigenvalue weighted by Crippen LogP contribution is -2.37. The summed E-state index contributed by atoms with van der Waals surface area (Å²) in [5, 5.41) is 9.77. The monoisotopic (exact) mass is 500 g/mol. The van der Waals surface area contributed by atoms with Gasteiger partial charge in [-0.1, -0.05) is 63.5 Å². The molecule has 0 saturated carbocycles. The number of anilines is 1. The van der Waals surface area contributed by atoms with Crippen LogP contribution in [-0.2, 0) is 11.3 Å². The second-order valence-electron chi connectivity index (χ2n) is 9.10. The van der Waals surface area contributed by atoms with Gasteiger partial charge < -0.3 is 4.90 Å². The minimum absolute atomic E-state index is 0.0683. The van der Waals surface area contributed by atoms with E-state index in [1.165, 1.54) is 37.4 Å². The molecule has 0 aliphatic carbocycles.